The number of carboxylic acid groups (broad SMARTS) is 1. The van der Waals surface area contributed by atoms with Crippen molar-refractivity contribution in [2.45, 2.75) is 25.8 Å². The van der Waals surface area contributed by atoms with Crippen molar-refractivity contribution in [1.82, 2.24) is 14.5 Å². The van der Waals surface area contributed by atoms with E-state index in [0.29, 0.717) is 0 Å². The summed E-state index contributed by atoms with van der Waals surface area (Å²) in [7, 11) is 3.72. The van der Waals surface area contributed by atoms with Crippen LogP contribution in [0.3, 0.4) is 0 Å². The summed E-state index contributed by atoms with van der Waals surface area (Å²) in [6.45, 7) is 2.67. The van der Waals surface area contributed by atoms with Crippen LogP contribution in [-0.2, 0) is 24.8 Å². The van der Waals surface area contributed by atoms with E-state index in [9.17, 15) is 9.90 Å². The van der Waals surface area contributed by atoms with Crippen LogP contribution >= 0.6 is 12.4 Å². The van der Waals surface area contributed by atoms with Crippen molar-refractivity contribution < 1.29 is 14.6 Å². The fourth-order valence-electron chi connectivity index (χ4n) is 4.63. The molecule has 4 rings (SSSR count). The van der Waals surface area contributed by atoms with Crippen LogP contribution in [-0.4, -0.2) is 45.7 Å². The molecule has 7 heteroatoms. The average molecular weight is 444 g/mol. The summed E-state index contributed by atoms with van der Waals surface area (Å²) in [4.78, 5) is 18.7. The van der Waals surface area contributed by atoms with E-state index in [4.69, 9.17) is 9.72 Å². The van der Waals surface area contributed by atoms with Crippen LogP contribution in [0.15, 0.2) is 48.5 Å². The quantitative estimate of drug-likeness (QED) is 0.593. The highest BCUT2D eigenvalue weighted by Gasteiger charge is 2.32. The third kappa shape index (κ3) is 5.38. The number of likely N-dealkylation sites (tertiary alicyclic amines) is 1. The minimum absolute atomic E-state index is 0. The average Bonchev–Trinajstić information content (AvgIpc) is 3.06. The molecule has 0 saturated carbocycles. The van der Waals surface area contributed by atoms with E-state index in [2.05, 4.69) is 34.7 Å². The minimum atomic E-state index is -0.710. The van der Waals surface area contributed by atoms with E-state index in [-0.39, 0.29) is 30.7 Å². The molecular weight excluding hydrogens is 414 g/mol. The first-order valence-electron chi connectivity index (χ1n) is 10.5. The molecule has 0 unspecified atom stereocenters. The lowest BCUT2D eigenvalue weighted by atomic mass is 9.81. The van der Waals surface area contributed by atoms with E-state index >= 15 is 0 Å². The lowest BCUT2D eigenvalue weighted by molar-refractivity contribution is -0.139. The highest BCUT2D eigenvalue weighted by atomic mass is 35.5. The molecule has 0 bridgehead atoms. The van der Waals surface area contributed by atoms with Gasteiger partial charge in [0.25, 0.3) is 0 Å². The summed E-state index contributed by atoms with van der Waals surface area (Å²) in [6.07, 6.45) is 1.92. The Labute approximate surface area is 189 Å². The molecule has 1 aliphatic heterocycles. The molecule has 0 spiro atoms. The van der Waals surface area contributed by atoms with Gasteiger partial charge in [-0.3, -0.25) is 9.69 Å². The Morgan fingerprint density at radius 1 is 1.16 bits per heavy atom. The van der Waals surface area contributed by atoms with Gasteiger partial charge in [-0.1, -0.05) is 24.3 Å². The van der Waals surface area contributed by atoms with Crippen molar-refractivity contribution in [1.29, 1.82) is 0 Å². The fourth-order valence-corrected chi connectivity index (χ4v) is 4.63. The Balaban J connectivity index is 0.00000272. The molecule has 31 heavy (non-hydrogen) atoms. The number of carboxylic acids is 1. The van der Waals surface area contributed by atoms with Gasteiger partial charge in [-0.05, 0) is 54.6 Å². The van der Waals surface area contributed by atoms with Gasteiger partial charge in [-0.2, -0.15) is 0 Å². The number of nitrogens with zero attached hydrogens (tertiary/aromatic N) is 3. The Hall–Kier alpha value is -2.57. The van der Waals surface area contributed by atoms with Gasteiger partial charge in [0.15, 0.2) is 0 Å². The van der Waals surface area contributed by atoms with Gasteiger partial charge < -0.3 is 14.4 Å². The smallest absolute Gasteiger partial charge is 0.303 e. The summed E-state index contributed by atoms with van der Waals surface area (Å²) in [6, 6.07) is 16.3. The van der Waals surface area contributed by atoms with E-state index in [1.807, 2.05) is 30.3 Å². The molecular formula is C24H30ClN3O3. The normalized spacial score (nSPS) is 19.2. The van der Waals surface area contributed by atoms with Crippen LogP contribution in [0.5, 0.6) is 5.75 Å². The van der Waals surface area contributed by atoms with E-state index in [1.165, 1.54) is 5.56 Å². The van der Waals surface area contributed by atoms with Crippen LogP contribution in [0.2, 0.25) is 0 Å². The Morgan fingerprint density at radius 2 is 1.90 bits per heavy atom. The van der Waals surface area contributed by atoms with Gasteiger partial charge in [0.1, 0.15) is 11.6 Å². The zero-order valence-electron chi connectivity index (χ0n) is 18.0. The molecule has 1 N–H and O–H groups in total. The molecule has 3 aromatic rings. The second kappa shape index (κ2) is 10.2. The molecule has 2 heterocycles. The van der Waals surface area contributed by atoms with Gasteiger partial charge in [0.05, 0.1) is 18.1 Å². The zero-order valence-corrected chi connectivity index (χ0v) is 18.8. The third-order valence-electron chi connectivity index (χ3n) is 6.30. The molecule has 6 nitrogen and oxygen atoms in total. The molecule has 166 valence electrons. The number of piperidine rings is 1. The third-order valence-corrected chi connectivity index (χ3v) is 6.30. The van der Waals surface area contributed by atoms with Crippen molar-refractivity contribution in [2.75, 3.05) is 20.2 Å². The van der Waals surface area contributed by atoms with E-state index in [0.717, 1.165) is 55.1 Å². The Bertz CT molecular complexity index is 1020. The number of carbonyl (C=O) groups is 1. The largest absolute Gasteiger partial charge is 0.497 e. The van der Waals surface area contributed by atoms with Crippen LogP contribution < -0.4 is 4.74 Å². The molecule has 0 aliphatic carbocycles. The van der Waals surface area contributed by atoms with Crippen molar-refractivity contribution in [3.63, 3.8) is 0 Å². The van der Waals surface area contributed by atoms with E-state index in [1.54, 1.807) is 7.11 Å². The van der Waals surface area contributed by atoms with Crippen LogP contribution in [0, 0.1) is 11.8 Å². The lowest BCUT2D eigenvalue weighted by Crippen LogP contribution is -2.42. The molecule has 1 saturated heterocycles. The summed E-state index contributed by atoms with van der Waals surface area (Å²) < 4.78 is 7.40. The van der Waals surface area contributed by atoms with Crippen molar-refractivity contribution in [2.24, 2.45) is 18.9 Å². The number of benzene rings is 2. The predicted octanol–water partition coefficient (Wildman–Crippen LogP) is 4.16. The van der Waals surface area contributed by atoms with Gasteiger partial charge >= 0.3 is 5.97 Å². The number of para-hydroxylation sites is 2. The summed E-state index contributed by atoms with van der Waals surface area (Å²) >= 11 is 0. The second-order valence-corrected chi connectivity index (χ2v) is 8.27. The number of fused-ring (bicyclic) bond motifs is 1. The maximum absolute atomic E-state index is 11.5. The maximum Gasteiger partial charge on any atom is 0.303 e. The first-order valence-corrected chi connectivity index (χ1v) is 10.5. The van der Waals surface area contributed by atoms with Gasteiger partial charge in [-0.15, -0.1) is 12.4 Å². The number of halogens is 1. The number of hydrogen-bond acceptors (Lipinski definition) is 4. The monoisotopic (exact) mass is 443 g/mol. The SMILES string of the molecule is COc1ccc(CN2CC[C@@H](CC(=O)O)[C@@H](Cc3nc4ccccc4n3C)C2)cc1.Cl. The number of methoxy groups -OCH3 is 1. The van der Waals surface area contributed by atoms with Gasteiger partial charge in [0, 0.05) is 33.0 Å². The number of ether oxygens (including phenoxy) is 1. The second-order valence-electron chi connectivity index (χ2n) is 8.27. The topological polar surface area (TPSA) is 67.6 Å². The first kappa shape index (κ1) is 23.1. The van der Waals surface area contributed by atoms with Crippen LogP contribution in [0.1, 0.15) is 24.2 Å². The Kier molecular flexibility index (Phi) is 7.57. The summed E-state index contributed by atoms with van der Waals surface area (Å²) in [5, 5.41) is 9.42. The zero-order chi connectivity index (χ0) is 21.1. The molecule has 2 aromatic carbocycles. The molecule has 2 atom stereocenters. The van der Waals surface area contributed by atoms with Gasteiger partial charge in [0.2, 0.25) is 0 Å². The van der Waals surface area contributed by atoms with Crippen molar-refractivity contribution in [3.8, 4) is 5.75 Å². The number of imidazole rings is 1. The fraction of sp³-hybridized carbons (Fsp3) is 0.417. The number of aromatic nitrogens is 2. The minimum Gasteiger partial charge on any atom is -0.497 e. The first-order chi connectivity index (χ1) is 14.5. The predicted molar refractivity (Wildman–Crippen MR) is 124 cm³/mol. The lowest BCUT2D eigenvalue weighted by Gasteiger charge is -2.38. The summed E-state index contributed by atoms with van der Waals surface area (Å²) in [5.74, 6) is 1.62. The highest BCUT2D eigenvalue weighted by Crippen LogP contribution is 2.31. The van der Waals surface area contributed by atoms with E-state index < -0.39 is 5.97 Å². The number of aryl methyl sites for hydroxylation is 1. The molecule has 0 radical (unpaired) electrons. The maximum atomic E-state index is 11.5. The molecule has 1 fully saturated rings. The standard InChI is InChI=1S/C24H29N3O3.ClH/c1-26-22-6-4-3-5-21(22)25-23(26)13-19-16-27(12-11-18(19)14-24(28)29)15-17-7-9-20(30-2)10-8-17;/h3-10,18-19H,11-16H2,1-2H3,(H,28,29);1H/t18-,19-;/m0./s1. The molecule has 1 aromatic heterocycles. The number of rotatable bonds is 7. The molecule has 1 aliphatic rings. The molecule has 0 amide bonds. The highest BCUT2D eigenvalue weighted by molar-refractivity contribution is 5.85. The van der Waals surface area contributed by atoms with Gasteiger partial charge in [-0.25, -0.2) is 4.98 Å². The van der Waals surface area contributed by atoms with Crippen LogP contribution in [0.25, 0.3) is 11.0 Å². The van der Waals surface area contributed by atoms with Crippen molar-refractivity contribution >= 4 is 29.4 Å². The Morgan fingerprint density at radius 3 is 2.58 bits per heavy atom. The number of hydrogen-bond donors (Lipinski definition) is 1. The summed E-state index contributed by atoms with van der Waals surface area (Å²) in [5.41, 5.74) is 3.36. The number of aliphatic carboxylic acids is 1. The van der Waals surface area contributed by atoms with Crippen LogP contribution in [0.4, 0.5) is 0 Å². The van der Waals surface area contributed by atoms with Crippen molar-refractivity contribution in [3.05, 3.63) is 59.9 Å².